The van der Waals surface area contributed by atoms with Crippen molar-refractivity contribution in [1.29, 1.82) is 0 Å². The maximum Gasteiger partial charge on any atom is 0.257 e. The van der Waals surface area contributed by atoms with Crippen molar-refractivity contribution in [3.8, 4) is 5.69 Å². The van der Waals surface area contributed by atoms with Gasteiger partial charge in [0.05, 0.1) is 17.4 Å². The highest BCUT2D eigenvalue weighted by Crippen LogP contribution is 2.10. The molecular formula is C17H17N5O. The fraction of sp³-hybridized carbons (Fsp3) is 0.176. The first-order valence-corrected chi connectivity index (χ1v) is 7.26. The molecule has 23 heavy (non-hydrogen) atoms. The summed E-state index contributed by atoms with van der Waals surface area (Å²) in [6.45, 7) is 2.26. The van der Waals surface area contributed by atoms with Crippen LogP contribution in [0.4, 0.5) is 0 Å². The molecule has 0 fully saturated rings. The van der Waals surface area contributed by atoms with Crippen LogP contribution in [0.2, 0.25) is 0 Å². The lowest BCUT2D eigenvalue weighted by atomic mass is 10.2. The molecular weight excluding hydrogens is 290 g/mol. The van der Waals surface area contributed by atoms with Crippen LogP contribution in [0, 0.1) is 6.92 Å². The van der Waals surface area contributed by atoms with Crippen molar-refractivity contribution in [2.24, 2.45) is 0 Å². The summed E-state index contributed by atoms with van der Waals surface area (Å²) in [6.07, 6.45) is 6.79. The van der Waals surface area contributed by atoms with E-state index in [1.54, 1.807) is 42.1 Å². The molecule has 0 spiro atoms. The van der Waals surface area contributed by atoms with E-state index in [1.165, 1.54) is 0 Å². The SMILES string of the molecule is Cc1ncc(C(=O)N(C)Cc2cnn(-c3ccccc3)c2)cn1. The van der Waals surface area contributed by atoms with Crippen molar-refractivity contribution in [1.82, 2.24) is 24.6 Å². The summed E-state index contributed by atoms with van der Waals surface area (Å²) in [5.41, 5.74) is 2.42. The molecule has 116 valence electrons. The zero-order valence-electron chi connectivity index (χ0n) is 13.0. The zero-order chi connectivity index (χ0) is 16.2. The first-order valence-electron chi connectivity index (χ1n) is 7.26. The van der Waals surface area contributed by atoms with E-state index in [1.807, 2.05) is 36.5 Å². The standard InChI is InChI=1S/C17H17N5O/c1-13-18-9-15(10-19-13)17(23)21(2)11-14-8-20-22(12-14)16-6-4-3-5-7-16/h3-10,12H,11H2,1-2H3. The van der Waals surface area contributed by atoms with Crippen LogP contribution >= 0.6 is 0 Å². The summed E-state index contributed by atoms with van der Waals surface area (Å²) in [5, 5.41) is 4.34. The molecule has 0 radical (unpaired) electrons. The van der Waals surface area contributed by atoms with Crippen LogP contribution < -0.4 is 0 Å². The molecule has 0 unspecified atom stereocenters. The minimum Gasteiger partial charge on any atom is -0.337 e. The van der Waals surface area contributed by atoms with Gasteiger partial charge in [0.2, 0.25) is 0 Å². The third-order valence-electron chi connectivity index (χ3n) is 3.45. The normalized spacial score (nSPS) is 10.5. The molecule has 0 aliphatic heterocycles. The van der Waals surface area contributed by atoms with E-state index in [9.17, 15) is 4.79 Å². The second-order valence-corrected chi connectivity index (χ2v) is 5.31. The molecule has 6 heteroatoms. The highest BCUT2D eigenvalue weighted by molar-refractivity contribution is 5.93. The van der Waals surface area contributed by atoms with Crippen LogP contribution in [0.15, 0.2) is 55.1 Å². The summed E-state index contributed by atoms with van der Waals surface area (Å²) in [5.74, 6) is 0.533. The second kappa shape index (κ2) is 6.39. The number of carbonyl (C=O) groups is 1. The molecule has 2 aromatic heterocycles. The molecule has 1 aromatic carbocycles. The number of para-hydroxylation sites is 1. The molecule has 0 bridgehead atoms. The summed E-state index contributed by atoms with van der Waals surface area (Å²) >= 11 is 0. The predicted molar refractivity (Wildman–Crippen MR) is 86.1 cm³/mol. The number of benzene rings is 1. The van der Waals surface area contributed by atoms with Crippen LogP contribution in [-0.2, 0) is 6.54 Å². The molecule has 3 aromatic rings. The number of amides is 1. The molecule has 2 heterocycles. The fourth-order valence-corrected chi connectivity index (χ4v) is 2.23. The highest BCUT2D eigenvalue weighted by Gasteiger charge is 2.14. The largest absolute Gasteiger partial charge is 0.337 e. The first-order chi connectivity index (χ1) is 11.1. The van der Waals surface area contributed by atoms with Crippen molar-refractivity contribution in [3.63, 3.8) is 0 Å². The molecule has 0 atom stereocenters. The Morgan fingerprint density at radius 3 is 2.52 bits per heavy atom. The van der Waals surface area contributed by atoms with Gasteiger partial charge in [-0.3, -0.25) is 4.79 Å². The number of rotatable bonds is 4. The van der Waals surface area contributed by atoms with Gasteiger partial charge in [0.25, 0.3) is 5.91 Å². The molecule has 6 nitrogen and oxygen atoms in total. The maximum atomic E-state index is 12.4. The summed E-state index contributed by atoms with van der Waals surface area (Å²) < 4.78 is 1.79. The summed E-state index contributed by atoms with van der Waals surface area (Å²) in [6, 6.07) is 9.85. The van der Waals surface area contributed by atoms with E-state index in [4.69, 9.17) is 0 Å². The van der Waals surface area contributed by atoms with Gasteiger partial charge in [0.15, 0.2) is 0 Å². The molecule has 0 N–H and O–H groups in total. The Kier molecular flexibility index (Phi) is 4.14. The second-order valence-electron chi connectivity index (χ2n) is 5.31. The lowest BCUT2D eigenvalue weighted by molar-refractivity contribution is 0.0784. The zero-order valence-corrected chi connectivity index (χ0v) is 13.0. The third-order valence-corrected chi connectivity index (χ3v) is 3.45. The van der Waals surface area contributed by atoms with Gasteiger partial charge in [0.1, 0.15) is 5.82 Å². The smallest absolute Gasteiger partial charge is 0.257 e. The van der Waals surface area contributed by atoms with E-state index in [-0.39, 0.29) is 5.91 Å². The third kappa shape index (κ3) is 3.42. The Labute approximate surface area is 134 Å². The Hall–Kier alpha value is -3.02. The average molecular weight is 307 g/mol. The van der Waals surface area contributed by atoms with Gasteiger partial charge in [-0.25, -0.2) is 14.6 Å². The minimum absolute atomic E-state index is 0.113. The minimum atomic E-state index is -0.113. The van der Waals surface area contributed by atoms with Crippen LogP contribution in [0.25, 0.3) is 5.69 Å². The molecule has 0 aliphatic carbocycles. The van der Waals surface area contributed by atoms with Gasteiger partial charge in [0, 0.05) is 37.7 Å². The van der Waals surface area contributed by atoms with E-state index >= 15 is 0 Å². The number of nitrogens with zero attached hydrogens (tertiary/aromatic N) is 5. The number of hydrogen-bond acceptors (Lipinski definition) is 4. The van der Waals surface area contributed by atoms with Gasteiger partial charge in [-0.1, -0.05) is 18.2 Å². The number of carbonyl (C=O) groups excluding carboxylic acids is 1. The number of aryl methyl sites for hydroxylation is 1. The molecule has 0 saturated carbocycles. The molecule has 3 rings (SSSR count). The monoisotopic (exact) mass is 307 g/mol. The van der Waals surface area contributed by atoms with Gasteiger partial charge in [-0.2, -0.15) is 5.10 Å². The number of hydrogen-bond donors (Lipinski definition) is 0. The van der Waals surface area contributed by atoms with Gasteiger partial charge < -0.3 is 4.90 Å². The molecule has 1 amide bonds. The van der Waals surface area contributed by atoms with Crippen LogP contribution in [-0.4, -0.2) is 37.6 Å². The Morgan fingerprint density at radius 1 is 1.13 bits per heavy atom. The Morgan fingerprint density at radius 2 is 1.83 bits per heavy atom. The van der Waals surface area contributed by atoms with E-state index < -0.39 is 0 Å². The van der Waals surface area contributed by atoms with Crippen molar-refractivity contribution >= 4 is 5.91 Å². The van der Waals surface area contributed by atoms with Crippen LogP contribution in [0.3, 0.4) is 0 Å². The lowest BCUT2D eigenvalue weighted by Crippen LogP contribution is -2.26. The molecule has 0 saturated heterocycles. The van der Waals surface area contributed by atoms with Crippen LogP contribution in [0.5, 0.6) is 0 Å². The quantitative estimate of drug-likeness (QED) is 0.741. The van der Waals surface area contributed by atoms with Gasteiger partial charge in [-0.05, 0) is 19.1 Å². The fourth-order valence-electron chi connectivity index (χ4n) is 2.23. The Balaban J connectivity index is 1.71. The van der Waals surface area contributed by atoms with E-state index in [0.29, 0.717) is 17.9 Å². The Bertz CT molecular complexity index is 795. The summed E-state index contributed by atoms with van der Waals surface area (Å²) in [7, 11) is 1.75. The predicted octanol–water partition coefficient (Wildman–Crippen LogP) is 2.24. The first kappa shape index (κ1) is 14.9. The number of aromatic nitrogens is 4. The van der Waals surface area contributed by atoms with Crippen molar-refractivity contribution in [2.75, 3.05) is 7.05 Å². The van der Waals surface area contributed by atoms with Gasteiger partial charge >= 0.3 is 0 Å². The summed E-state index contributed by atoms with van der Waals surface area (Å²) in [4.78, 5) is 22.1. The van der Waals surface area contributed by atoms with Gasteiger partial charge in [-0.15, -0.1) is 0 Å². The van der Waals surface area contributed by atoms with E-state index in [2.05, 4.69) is 15.1 Å². The highest BCUT2D eigenvalue weighted by atomic mass is 16.2. The van der Waals surface area contributed by atoms with E-state index in [0.717, 1.165) is 11.3 Å². The average Bonchev–Trinajstić information content (AvgIpc) is 3.04. The van der Waals surface area contributed by atoms with Crippen molar-refractivity contribution < 1.29 is 4.79 Å². The topological polar surface area (TPSA) is 63.9 Å². The maximum absolute atomic E-state index is 12.4. The lowest BCUT2D eigenvalue weighted by Gasteiger charge is -2.15. The van der Waals surface area contributed by atoms with Crippen molar-refractivity contribution in [3.05, 3.63) is 72.1 Å². The van der Waals surface area contributed by atoms with Crippen LogP contribution in [0.1, 0.15) is 21.7 Å². The molecule has 0 aliphatic rings. The van der Waals surface area contributed by atoms with Crippen molar-refractivity contribution in [2.45, 2.75) is 13.5 Å².